The minimum absolute atomic E-state index is 0.0577. The Hall–Kier alpha value is -2.09. The molecule has 78 valence electrons. The van der Waals surface area contributed by atoms with E-state index in [0.717, 1.165) is 0 Å². The van der Waals surface area contributed by atoms with Crippen LogP contribution in [0.5, 0.6) is 0 Å². The maximum absolute atomic E-state index is 11.5. The van der Waals surface area contributed by atoms with Crippen molar-refractivity contribution >= 4 is 5.91 Å². The lowest BCUT2D eigenvalue weighted by Gasteiger charge is -2.09. The minimum atomic E-state index is -0.459. The summed E-state index contributed by atoms with van der Waals surface area (Å²) in [6.07, 6.45) is 1.67. The summed E-state index contributed by atoms with van der Waals surface area (Å²) in [6.45, 7) is 1.71. The molecule has 0 unspecified atom stereocenters. The summed E-state index contributed by atoms with van der Waals surface area (Å²) in [5.41, 5.74) is -0.374. The second-order valence-electron chi connectivity index (χ2n) is 3.15. The van der Waals surface area contributed by atoms with E-state index in [1.807, 2.05) is 6.07 Å². The van der Waals surface area contributed by atoms with Crippen LogP contribution in [0.1, 0.15) is 23.7 Å². The van der Waals surface area contributed by atoms with Gasteiger partial charge in [0, 0.05) is 12.2 Å². The average molecular weight is 205 g/mol. The van der Waals surface area contributed by atoms with Crippen LogP contribution < -0.4 is 10.9 Å². The number of carbonyl (C=O) groups is 1. The van der Waals surface area contributed by atoms with Gasteiger partial charge in [0.25, 0.3) is 11.5 Å². The Bertz CT molecular complexity index is 444. The summed E-state index contributed by atoms with van der Waals surface area (Å²) in [5, 5.41) is 11.0. The molecule has 0 saturated carbocycles. The molecule has 0 fully saturated rings. The first-order valence-electron chi connectivity index (χ1n) is 4.50. The highest BCUT2D eigenvalue weighted by Gasteiger charge is 2.11. The number of nitriles is 1. The maximum Gasteiger partial charge on any atom is 0.260 e. The van der Waals surface area contributed by atoms with Gasteiger partial charge < -0.3 is 10.3 Å². The van der Waals surface area contributed by atoms with Crippen molar-refractivity contribution < 1.29 is 4.79 Å². The number of hydrogen-bond acceptors (Lipinski definition) is 3. The van der Waals surface area contributed by atoms with Crippen LogP contribution in [-0.4, -0.2) is 16.9 Å². The minimum Gasteiger partial charge on any atom is -0.348 e. The molecule has 0 aliphatic heterocycles. The first kappa shape index (κ1) is 11.0. The van der Waals surface area contributed by atoms with E-state index in [1.54, 1.807) is 13.0 Å². The van der Waals surface area contributed by atoms with E-state index in [2.05, 4.69) is 10.3 Å². The fraction of sp³-hybridized carbons (Fsp3) is 0.300. The van der Waals surface area contributed by atoms with E-state index in [1.165, 1.54) is 12.3 Å². The zero-order valence-electron chi connectivity index (χ0n) is 8.28. The monoisotopic (exact) mass is 205 g/mol. The smallest absolute Gasteiger partial charge is 0.260 e. The van der Waals surface area contributed by atoms with Crippen molar-refractivity contribution in [3.05, 3.63) is 34.2 Å². The highest BCUT2D eigenvalue weighted by Crippen LogP contribution is 1.93. The molecule has 1 amide bonds. The van der Waals surface area contributed by atoms with Gasteiger partial charge in [0.15, 0.2) is 0 Å². The third-order valence-corrected chi connectivity index (χ3v) is 1.84. The highest BCUT2D eigenvalue weighted by atomic mass is 16.2. The summed E-state index contributed by atoms with van der Waals surface area (Å²) >= 11 is 0. The highest BCUT2D eigenvalue weighted by molar-refractivity contribution is 5.93. The fourth-order valence-corrected chi connectivity index (χ4v) is 1.09. The predicted octanol–water partition coefficient (Wildman–Crippen LogP) is 0.407. The zero-order chi connectivity index (χ0) is 11.3. The van der Waals surface area contributed by atoms with Gasteiger partial charge in [-0.1, -0.05) is 0 Å². The second-order valence-corrected chi connectivity index (χ2v) is 3.15. The number of nitrogens with zero attached hydrogens (tertiary/aromatic N) is 1. The molecule has 0 radical (unpaired) electrons. The van der Waals surface area contributed by atoms with Gasteiger partial charge in [0.1, 0.15) is 5.56 Å². The van der Waals surface area contributed by atoms with E-state index in [9.17, 15) is 9.59 Å². The topological polar surface area (TPSA) is 85.8 Å². The van der Waals surface area contributed by atoms with Crippen LogP contribution >= 0.6 is 0 Å². The molecule has 15 heavy (non-hydrogen) atoms. The van der Waals surface area contributed by atoms with Crippen molar-refractivity contribution in [2.75, 3.05) is 0 Å². The average Bonchev–Trinajstić information content (AvgIpc) is 2.18. The van der Waals surface area contributed by atoms with E-state index in [4.69, 9.17) is 5.26 Å². The van der Waals surface area contributed by atoms with Crippen LogP contribution in [0, 0.1) is 11.3 Å². The molecule has 1 atom stereocenters. The van der Waals surface area contributed by atoms with Crippen LogP contribution in [0.2, 0.25) is 0 Å². The van der Waals surface area contributed by atoms with Gasteiger partial charge in [0.2, 0.25) is 0 Å². The third kappa shape index (κ3) is 2.95. The summed E-state index contributed by atoms with van der Waals surface area (Å²) < 4.78 is 0. The first-order chi connectivity index (χ1) is 7.15. The van der Waals surface area contributed by atoms with Crippen molar-refractivity contribution in [3.63, 3.8) is 0 Å². The predicted molar refractivity (Wildman–Crippen MR) is 54.2 cm³/mol. The van der Waals surface area contributed by atoms with Gasteiger partial charge in [-0.25, -0.2) is 0 Å². The molecular formula is C10H11N3O2. The third-order valence-electron chi connectivity index (χ3n) is 1.84. The number of rotatable bonds is 3. The molecule has 2 N–H and O–H groups in total. The molecule has 0 spiro atoms. The molecule has 1 aromatic heterocycles. The quantitative estimate of drug-likeness (QED) is 0.749. The van der Waals surface area contributed by atoms with E-state index < -0.39 is 11.5 Å². The van der Waals surface area contributed by atoms with Crippen LogP contribution in [0.3, 0.4) is 0 Å². The fourth-order valence-electron chi connectivity index (χ4n) is 1.09. The summed E-state index contributed by atoms with van der Waals surface area (Å²) in [4.78, 5) is 25.1. The van der Waals surface area contributed by atoms with Crippen molar-refractivity contribution in [1.29, 1.82) is 5.26 Å². The number of H-pyrrole nitrogens is 1. The van der Waals surface area contributed by atoms with Gasteiger partial charge in [-0.3, -0.25) is 9.59 Å². The van der Waals surface area contributed by atoms with E-state index in [0.29, 0.717) is 0 Å². The van der Waals surface area contributed by atoms with Gasteiger partial charge in [-0.2, -0.15) is 5.26 Å². The second kappa shape index (κ2) is 4.96. The normalized spacial score (nSPS) is 11.5. The first-order valence-corrected chi connectivity index (χ1v) is 4.50. The number of pyridine rings is 1. The Morgan fingerprint density at radius 2 is 2.47 bits per heavy atom. The molecule has 0 saturated heterocycles. The molecule has 0 aromatic carbocycles. The van der Waals surface area contributed by atoms with E-state index in [-0.39, 0.29) is 18.0 Å². The molecule has 0 bridgehead atoms. The molecule has 0 aliphatic carbocycles. The van der Waals surface area contributed by atoms with Crippen molar-refractivity contribution in [3.8, 4) is 6.07 Å². The molecular weight excluding hydrogens is 194 g/mol. The maximum atomic E-state index is 11.5. The molecule has 0 aliphatic rings. The number of nitrogens with one attached hydrogen (secondary N) is 2. The van der Waals surface area contributed by atoms with Gasteiger partial charge in [0.05, 0.1) is 12.5 Å². The van der Waals surface area contributed by atoms with Crippen LogP contribution in [-0.2, 0) is 0 Å². The summed E-state index contributed by atoms with van der Waals surface area (Å²) in [7, 11) is 0. The van der Waals surface area contributed by atoms with Crippen molar-refractivity contribution in [1.82, 2.24) is 10.3 Å². The molecule has 1 rings (SSSR count). The Kier molecular flexibility index (Phi) is 3.63. The Balaban J connectivity index is 2.75. The lowest BCUT2D eigenvalue weighted by atomic mass is 10.2. The van der Waals surface area contributed by atoms with Crippen LogP contribution in [0.4, 0.5) is 0 Å². The van der Waals surface area contributed by atoms with Crippen LogP contribution in [0.25, 0.3) is 0 Å². The number of carbonyl (C=O) groups excluding carboxylic acids is 1. The number of amides is 1. The summed E-state index contributed by atoms with van der Waals surface area (Å²) in [6, 6.07) is 4.69. The van der Waals surface area contributed by atoms with E-state index >= 15 is 0 Å². The van der Waals surface area contributed by atoms with Gasteiger partial charge >= 0.3 is 0 Å². The Morgan fingerprint density at radius 1 is 1.73 bits per heavy atom. The number of hydrogen-bond donors (Lipinski definition) is 2. The molecule has 5 heteroatoms. The summed E-state index contributed by atoms with van der Waals surface area (Å²) in [5.74, 6) is -0.459. The largest absolute Gasteiger partial charge is 0.348 e. The van der Waals surface area contributed by atoms with Crippen molar-refractivity contribution in [2.45, 2.75) is 19.4 Å². The molecule has 1 aromatic rings. The number of aromatic amines is 1. The SMILES string of the molecule is C[C@H](CC#N)NC(=O)c1ccc[nH]c1=O. The number of aromatic nitrogens is 1. The zero-order valence-corrected chi connectivity index (χ0v) is 8.28. The van der Waals surface area contributed by atoms with Crippen LogP contribution in [0.15, 0.2) is 23.1 Å². The van der Waals surface area contributed by atoms with Gasteiger partial charge in [-0.15, -0.1) is 0 Å². The molecule has 1 heterocycles. The lowest BCUT2D eigenvalue weighted by molar-refractivity contribution is 0.0939. The standard InChI is InChI=1S/C10H11N3O2/c1-7(4-5-11)13-10(15)8-3-2-6-12-9(8)14/h2-3,6-7H,4H2,1H3,(H,12,14)(H,13,15)/t7-/m1/s1. The lowest BCUT2D eigenvalue weighted by Crippen LogP contribution is -2.35. The van der Waals surface area contributed by atoms with Gasteiger partial charge in [-0.05, 0) is 19.1 Å². The molecule has 5 nitrogen and oxygen atoms in total. The Morgan fingerprint density at radius 3 is 3.07 bits per heavy atom. The Labute approximate surface area is 86.7 Å². The van der Waals surface area contributed by atoms with Crippen molar-refractivity contribution in [2.24, 2.45) is 0 Å².